The van der Waals surface area contributed by atoms with Crippen LogP contribution in [0.3, 0.4) is 0 Å². The molecule has 2 nitrogen and oxygen atoms in total. The van der Waals surface area contributed by atoms with Crippen LogP contribution in [0, 0.1) is 5.41 Å². The SMILES string of the molecule is CCc1ccc(CC2(C)CNCCOC2)cc1. The first-order valence-electron chi connectivity index (χ1n) is 6.58. The molecule has 1 atom stereocenters. The lowest BCUT2D eigenvalue weighted by molar-refractivity contribution is 0.0796. The maximum atomic E-state index is 5.66. The molecule has 0 amide bonds. The first kappa shape index (κ1) is 12.6. The van der Waals surface area contributed by atoms with Gasteiger partial charge in [0.15, 0.2) is 0 Å². The predicted molar refractivity (Wildman–Crippen MR) is 71.3 cm³/mol. The van der Waals surface area contributed by atoms with E-state index < -0.39 is 0 Å². The molecule has 0 aromatic heterocycles. The van der Waals surface area contributed by atoms with Gasteiger partial charge in [0.25, 0.3) is 0 Å². The molecule has 2 heteroatoms. The summed E-state index contributed by atoms with van der Waals surface area (Å²) in [5.41, 5.74) is 3.05. The lowest BCUT2D eigenvalue weighted by atomic mass is 9.84. The molecule has 1 aliphatic heterocycles. The van der Waals surface area contributed by atoms with Gasteiger partial charge < -0.3 is 10.1 Å². The van der Waals surface area contributed by atoms with Crippen molar-refractivity contribution >= 4 is 0 Å². The maximum Gasteiger partial charge on any atom is 0.0591 e. The van der Waals surface area contributed by atoms with Gasteiger partial charge in [0.2, 0.25) is 0 Å². The Hall–Kier alpha value is -0.860. The number of nitrogens with one attached hydrogen (secondary N) is 1. The van der Waals surface area contributed by atoms with E-state index in [1.165, 1.54) is 11.1 Å². The van der Waals surface area contributed by atoms with Crippen molar-refractivity contribution in [3.8, 4) is 0 Å². The largest absolute Gasteiger partial charge is 0.380 e. The van der Waals surface area contributed by atoms with Crippen molar-refractivity contribution in [3.63, 3.8) is 0 Å². The first-order valence-corrected chi connectivity index (χ1v) is 6.58. The van der Waals surface area contributed by atoms with Crippen molar-refractivity contribution in [2.24, 2.45) is 5.41 Å². The number of ether oxygens (including phenoxy) is 1. The molecule has 1 fully saturated rings. The van der Waals surface area contributed by atoms with Crippen LogP contribution >= 0.6 is 0 Å². The van der Waals surface area contributed by atoms with Crippen LogP contribution in [0.5, 0.6) is 0 Å². The summed E-state index contributed by atoms with van der Waals surface area (Å²) in [5, 5.41) is 3.46. The van der Waals surface area contributed by atoms with E-state index in [9.17, 15) is 0 Å². The number of hydrogen-bond donors (Lipinski definition) is 1. The average molecular weight is 233 g/mol. The second-order valence-corrected chi connectivity index (χ2v) is 5.39. The molecule has 94 valence electrons. The smallest absolute Gasteiger partial charge is 0.0591 e. The van der Waals surface area contributed by atoms with E-state index >= 15 is 0 Å². The van der Waals surface area contributed by atoms with E-state index in [1.807, 2.05) is 0 Å². The zero-order valence-electron chi connectivity index (χ0n) is 11.0. The molecule has 1 saturated heterocycles. The Morgan fingerprint density at radius 3 is 2.65 bits per heavy atom. The lowest BCUT2D eigenvalue weighted by Gasteiger charge is -2.27. The van der Waals surface area contributed by atoms with Crippen molar-refractivity contribution in [2.45, 2.75) is 26.7 Å². The second-order valence-electron chi connectivity index (χ2n) is 5.39. The fourth-order valence-corrected chi connectivity index (χ4v) is 2.40. The van der Waals surface area contributed by atoms with E-state index in [0.29, 0.717) is 0 Å². The molecular weight excluding hydrogens is 210 g/mol. The van der Waals surface area contributed by atoms with Crippen LogP contribution in [0.25, 0.3) is 0 Å². The second kappa shape index (κ2) is 5.65. The van der Waals surface area contributed by atoms with Crippen molar-refractivity contribution in [3.05, 3.63) is 35.4 Å². The number of hydrogen-bond acceptors (Lipinski definition) is 2. The molecule has 1 aromatic rings. The molecule has 0 aliphatic carbocycles. The minimum absolute atomic E-state index is 0.226. The van der Waals surface area contributed by atoms with Gasteiger partial charge in [-0.25, -0.2) is 0 Å². The van der Waals surface area contributed by atoms with Gasteiger partial charge in [-0.2, -0.15) is 0 Å². The van der Waals surface area contributed by atoms with E-state index in [2.05, 4.69) is 43.4 Å². The van der Waals surface area contributed by atoms with Gasteiger partial charge in [-0.05, 0) is 24.0 Å². The Kier molecular flexibility index (Phi) is 4.19. The Balaban J connectivity index is 2.02. The molecule has 0 radical (unpaired) electrons. The molecular formula is C15H23NO. The minimum Gasteiger partial charge on any atom is -0.380 e. The third-order valence-electron chi connectivity index (χ3n) is 3.49. The summed E-state index contributed by atoms with van der Waals surface area (Å²) >= 11 is 0. The topological polar surface area (TPSA) is 21.3 Å². The normalized spacial score (nSPS) is 25.5. The van der Waals surface area contributed by atoms with E-state index in [4.69, 9.17) is 4.74 Å². The van der Waals surface area contributed by atoms with E-state index in [-0.39, 0.29) is 5.41 Å². The number of aryl methyl sites for hydroxylation is 1. The Labute approximate surface area is 104 Å². The van der Waals surface area contributed by atoms with Crippen LogP contribution in [0.4, 0.5) is 0 Å². The molecule has 17 heavy (non-hydrogen) atoms. The number of rotatable bonds is 3. The first-order chi connectivity index (χ1) is 8.22. The number of benzene rings is 1. The van der Waals surface area contributed by atoms with Gasteiger partial charge in [0, 0.05) is 18.5 Å². The highest BCUT2D eigenvalue weighted by atomic mass is 16.5. The highest BCUT2D eigenvalue weighted by Crippen LogP contribution is 2.24. The van der Waals surface area contributed by atoms with Gasteiger partial charge in [0.05, 0.1) is 13.2 Å². The van der Waals surface area contributed by atoms with Crippen LogP contribution in [-0.4, -0.2) is 26.3 Å². The average Bonchev–Trinajstić information content (AvgIpc) is 2.55. The third kappa shape index (κ3) is 3.55. The van der Waals surface area contributed by atoms with E-state index in [0.717, 1.165) is 39.1 Å². The van der Waals surface area contributed by atoms with E-state index in [1.54, 1.807) is 0 Å². The minimum atomic E-state index is 0.226. The quantitative estimate of drug-likeness (QED) is 0.865. The molecule has 1 N–H and O–H groups in total. The van der Waals surface area contributed by atoms with Crippen LogP contribution < -0.4 is 5.32 Å². The Bertz CT molecular complexity index is 336. The van der Waals surface area contributed by atoms with Gasteiger partial charge in [0.1, 0.15) is 0 Å². The molecule has 0 spiro atoms. The Morgan fingerprint density at radius 2 is 1.94 bits per heavy atom. The molecule has 1 heterocycles. The van der Waals surface area contributed by atoms with Gasteiger partial charge >= 0.3 is 0 Å². The monoisotopic (exact) mass is 233 g/mol. The fourth-order valence-electron chi connectivity index (χ4n) is 2.40. The third-order valence-corrected chi connectivity index (χ3v) is 3.49. The molecule has 2 rings (SSSR count). The molecule has 1 aromatic carbocycles. The summed E-state index contributed by atoms with van der Waals surface area (Å²) in [6.45, 7) is 8.21. The summed E-state index contributed by atoms with van der Waals surface area (Å²) in [7, 11) is 0. The van der Waals surface area contributed by atoms with Crippen LogP contribution in [0.15, 0.2) is 24.3 Å². The van der Waals surface area contributed by atoms with Gasteiger partial charge in [-0.1, -0.05) is 38.1 Å². The summed E-state index contributed by atoms with van der Waals surface area (Å²) < 4.78 is 5.66. The highest BCUT2D eigenvalue weighted by molar-refractivity contribution is 5.23. The van der Waals surface area contributed by atoms with Crippen LogP contribution in [-0.2, 0) is 17.6 Å². The summed E-state index contributed by atoms with van der Waals surface area (Å²) in [6.07, 6.45) is 2.20. The highest BCUT2D eigenvalue weighted by Gasteiger charge is 2.26. The summed E-state index contributed by atoms with van der Waals surface area (Å²) in [4.78, 5) is 0. The summed E-state index contributed by atoms with van der Waals surface area (Å²) in [6, 6.07) is 9.00. The van der Waals surface area contributed by atoms with Crippen molar-refractivity contribution < 1.29 is 4.74 Å². The van der Waals surface area contributed by atoms with Crippen molar-refractivity contribution in [2.75, 3.05) is 26.3 Å². The fraction of sp³-hybridized carbons (Fsp3) is 0.600. The molecule has 1 aliphatic rings. The van der Waals surface area contributed by atoms with Crippen LogP contribution in [0.2, 0.25) is 0 Å². The zero-order valence-corrected chi connectivity index (χ0v) is 11.0. The molecule has 0 bridgehead atoms. The maximum absolute atomic E-state index is 5.66. The Morgan fingerprint density at radius 1 is 1.24 bits per heavy atom. The van der Waals surface area contributed by atoms with Gasteiger partial charge in [-0.3, -0.25) is 0 Å². The van der Waals surface area contributed by atoms with Crippen LogP contribution in [0.1, 0.15) is 25.0 Å². The predicted octanol–water partition coefficient (Wildman–Crippen LogP) is 2.42. The zero-order chi connectivity index (χ0) is 12.1. The standard InChI is InChI=1S/C15H23NO/c1-3-13-4-6-14(7-5-13)10-15(2)11-16-8-9-17-12-15/h4-7,16H,3,8-12H2,1-2H3. The lowest BCUT2D eigenvalue weighted by Crippen LogP contribution is -2.34. The molecule has 0 saturated carbocycles. The summed E-state index contributed by atoms with van der Waals surface area (Å²) in [5.74, 6) is 0. The van der Waals surface area contributed by atoms with Gasteiger partial charge in [-0.15, -0.1) is 0 Å². The molecule has 1 unspecified atom stereocenters. The van der Waals surface area contributed by atoms with Crippen molar-refractivity contribution in [1.82, 2.24) is 5.32 Å². The van der Waals surface area contributed by atoms with Crippen molar-refractivity contribution in [1.29, 1.82) is 0 Å².